The second-order valence-electron chi connectivity index (χ2n) is 6.06. The summed E-state index contributed by atoms with van der Waals surface area (Å²) in [6.45, 7) is -0.0391. The molecule has 0 atom stereocenters. The Balaban J connectivity index is 1.55. The zero-order valence-corrected chi connectivity index (χ0v) is 15.6. The molecule has 0 amide bonds. The Morgan fingerprint density at radius 2 is 1.17 bits per heavy atom. The molecule has 0 spiro atoms. The Morgan fingerprint density at radius 3 is 1.62 bits per heavy atom. The predicted octanol–water partition coefficient (Wildman–Crippen LogP) is 5.20. The van der Waals surface area contributed by atoms with Gasteiger partial charge in [0.25, 0.3) is 0 Å². The summed E-state index contributed by atoms with van der Waals surface area (Å²) < 4.78 is 20.7. The molecule has 0 bridgehead atoms. The first-order valence-electron chi connectivity index (χ1n) is 9.05. The van der Waals surface area contributed by atoms with Crippen LogP contribution in [-0.4, -0.2) is 25.5 Å². The first-order valence-corrected chi connectivity index (χ1v) is 9.05. The van der Waals surface area contributed by atoms with Gasteiger partial charge in [0.1, 0.15) is 24.7 Å². The van der Waals surface area contributed by atoms with Crippen LogP contribution in [0.1, 0.15) is 11.5 Å². The molecule has 0 fully saturated rings. The number of hydrogen-bond acceptors (Lipinski definition) is 6. The molecule has 6 nitrogen and oxygen atoms in total. The van der Waals surface area contributed by atoms with Crippen LogP contribution in [0.2, 0.25) is 0 Å². The van der Waals surface area contributed by atoms with E-state index in [1.54, 1.807) is 48.5 Å². The van der Waals surface area contributed by atoms with E-state index >= 15 is 0 Å². The molecule has 0 saturated heterocycles. The molecule has 0 N–H and O–H groups in total. The van der Waals surface area contributed by atoms with Crippen molar-refractivity contribution in [2.24, 2.45) is 0 Å². The van der Waals surface area contributed by atoms with E-state index in [1.807, 2.05) is 42.5 Å². The van der Waals surface area contributed by atoms with Crippen molar-refractivity contribution >= 4 is 12.3 Å². The molecule has 3 aromatic rings. The van der Waals surface area contributed by atoms with Crippen LogP contribution >= 0.6 is 0 Å². The lowest BCUT2D eigenvalue weighted by atomic mass is 10.3. The fourth-order valence-electron chi connectivity index (χ4n) is 2.53. The first-order chi connectivity index (χ1) is 14.2. The summed E-state index contributed by atoms with van der Waals surface area (Å²) in [6.07, 6.45) is -1.66. The van der Waals surface area contributed by atoms with Crippen LogP contribution in [0.15, 0.2) is 91.0 Å². The number of carbonyl (C=O) groups is 2. The molecule has 0 unspecified atom stereocenters. The molecule has 0 aliphatic rings. The normalized spacial score (nSPS) is 10.2. The van der Waals surface area contributed by atoms with Crippen molar-refractivity contribution < 1.29 is 28.5 Å². The van der Waals surface area contributed by atoms with Crippen molar-refractivity contribution in [2.45, 2.75) is 5.92 Å². The van der Waals surface area contributed by atoms with E-state index < -0.39 is 12.3 Å². The van der Waals surface area contributed by atoms with Gasteiger partial charge in [0.2, 0.25) is 0 Å². The third-order valence-electron chi connectivity index (χ3n) is 3.96. The van der Waals surface area contributed by atoms with Crippen molar-refractivity contribution in [3.63, 3.8) is 0 Å². The van der Waals surface area contributed by atoms with Crippen molar-refractivity contribution in [1.82, 2.24) is 0 Å². The molecule has 0 aliphatic heterocycles. The maximum Gasteiger partial charge on any atom is 0.513 e. The zero-order chi connectivity index (χ0) is 20.3. The largest absolute Gasteiger partial charge is 0.513 e. The zero-order valence-electron chi connectivity index (χ0n) is 15.6. The fourth-order valence-corrected chi connectivity index (χ4v) is 2.53. The number of benzene rings is 3. The molecule has 29 heavy (non-hydrogen) atoms. The van der Waals surface area contributed by atoms with E-state index in [-0.39, 0.29) is 19.1 Å². The monoisotopic (exact) mass is 404 g/mol. The van der Waals surface area contributed by atoms with Gasteiger partial charge < -0.3 is 18.9 Å². The molecular formula is C23H20O6. The van der Waals surface area contributed by atoms with Gasteiger partial charge in [0.15, 0.2) is 0 Å². The van der Waals surface area contributed by atoms with Crippen molar-refractivity contribution in [3.05, 3.63) is 96.6 Å². The smallest absolute Gasteiger partial charge is 0.433 e. The summed E-state index contributed by atoms with van der Waals surface area (Å²) in [6, 6.07) is 26.5. The second kappa shape index (κ2) is 10.5. The van der Waals surface area contributed by atoms with Crippen molar-refractivity contribution in [1.29, 1.82) is 0 Å². The summed E-state index contributed by atoms with van der Waals surface area (Å²) in [5.41, 5.74) is 0.854. The van der Waals surface area contributed by atoms with Gasteiger partial charge in [-0.15, -0.1) is 0 Å². The minimum absolute atomic E-state index is 0.0195. The number of carbonyl (C=O) groups excluding carboxylic acids is 2. The van der Waals surface area contributed by atoms with Gasteiger partial charge in [-0.1, -0.05) is 66.7 Å². The summed E-state index contributed by atoms with van der Waals surface area (Å²) in [4.78, 5) is 23.9. The third kappa shape index (κ3) is 6.70. The quantitative estimate of drug-likeness (QED) is 0.398. The number of rotatable bonds is 7. The van der Waals surface area contributed by atoms with E-state index in [0.29, 0.717) is 11.5 Å². The van der Waals surface area contributed by atoms with Crippen LogP contribution in [0.3, 0.4) is 0 Å². The van der Waals surface area contributed by atoms with E-state index in [2.05, 4.69) is 0 Å². The Bertz CT molecular complexity index is 839. The predicted molar refractivity (Wildman–Crippen MR) is 106 cm³/mol. The van der Waals surface area contributed by atoms with Crippen LogP contribution in [0.4, 0.5) is 9.59 Å². The Hall–Kier alpha value is -3.80. The van der Waals surface area contributed by atoms with Crippen molar-refractivity contribution in [3.8, 4) is 11.5 Å². The van der Waals surface area contributed by atoms with Gasteiger partial charge in [0, 0.05) is 0 Å². The molecular weight excluding hydrogens is 384 g/mol. The lowest BCUT2D eigenvalue weighted by Gasteiger charge is -2.17. The lowest BCUT2D eigenvalue weighted by Crippen LogP contribution is -2.22. The molecule has 3 rings (SSSR count). The highest BCUT2D eigenvalue weighted by Gasteiger charge is 2.18. The summed E-state index contributed by atoms with van der Waals surface area (Å²) in [7, 11) is 0. The summed E-state index contributed by atoms with van der Waals surface area (Å²) in [5, 5.41) is 0. The molecule has 0 saturated carbocycles. The molecule has 148 valence electrons. The SMILES string of the molecule is O=C(OCC(COC(=O)Oc1ccccc1)[14c]1[14cH][14cH][14cH][14cH][14cH]1)Oc1ccccc1. The first kappa shape index (κ1) is 19.9. The fraction of sp³-hybridized carbons (Fsp3) is 0.130. The molecule has 3 aromatic carbocycles. The number of para-hydroxylation sites is 2. The third-order valence-corrected chi connectivity index (χ3v) is 3.96. The van der Waals surface area contributed by atoms with E-state index in [1.165, 1.54) is 0 Å². The minimum Gasteiger partial charge on any atom is -0.433 e. The highest BCUT2D eigenvalue weighted by molar-refractivity contribution is 5.64. The van der Waals surface area contributed by atoms with E-state index in [9.17, 15) is 9.59 Å². The summed E-state index contributed by atoms with van der Waals surface area (Å²) in [5.74, 6) is 0.399. The molecule has 0 aromatic heterocycles. The van der Waals surface area contributed by atoms with Crippen LogP contribution in [-0.2, 0) is 9.47 Å². The maximum absolute atomic E-state index is 12.0. The Morgan fingerprint density at radius 1 is 0.724 bits per heavy atom. The summed E-state index contributed by atoms with van der Waals surface area (Å²) >= 11 is 0. The molecule has 0 heterocycles. The molecule has 6 heteroatoms. The van der Waals surface area contributed by atoms with Gasteiger partial charge in [0.05, 0.1) is 5.92 Å². The van der Waals surface area contributed by atoms with Gasteiger partial charge in [-0.05, 0) is 29.8 Å². The lowest BCUT2D eigenvalue weighted by molar-refractivity contribution is 0.0661. The van der Waals surface area contributed by atoms with Crippen LogP contribution in [0, 0.1) is 0 Å². The van der Waals surface area contributed by atoms with Gasteiger partial charge in [-0.3, -0.25) is 0 Å². The van der Waals surface area contributed by atoms with Crippen LogP contribution in [0.25, 0.3) is 0 Å². The highest BCUT2D eigenvalue weighted by Crippen LogP contribution is 2.18. The van der Waals surface area contributed by atoms with E-state index in [0.717, 1.165) is 5.56 Å². The number of ether oxygens (including phenoxy) is 4. The van der Waals surface area contributed by atoms with E-state index in [4.69, 9.17) is 18.9 Å². The second-order valence-corrected chi connectivity index (χ2v) is 6.06. The number of hydrogen-bond donors (Lipinski definition) is 0. The van der Waals surface area contributed by atoms with Gasteiger partial charge in [-0.25, -0.2) is 9.59 Å². The Kier molecular flexibility index (Phi) is 7.23. The van der Waals surface area contributed by atoms with Crippen LogP contribution in [0.5, 0.6) is 11.5 Å². The topological polar surface area (TPSA) is 71.1 Å². The van der Waals surface area contributed by atoms with Crippen LogP contribution < -0.4 is 9.47 Å². The standard InChI is InChI=1S/C23H20O6/c24-22(28-20-12-6-2-7-13-20)26-16-19(18-10-4-1-5-11-18)17-27-23(25)29-21-14-8-3-9-15-21/h1-15,19H,16-17H2/i1+2,4+2,5+2,10+2,11+2,18+2. The molecule has 0 aliphatic carbocycles. The van der Waals surface area contributed by atoms with Crippen molar-refractivity contribution in [2.75, 3.05) is 13.2 Å². The minimum atomic E-state index is -0.830. The Labute approximate surface area is 168 Å². The molecule has 0 radical (unpaired) electrons. The van der Waals surface area contributed by atoms with Gasteiger partial charge in [-0.2, -0.15) is 0 Å². The van der Waals surface area contributed by atoms with Gasteiger partial charge >= 0.3 is 12.3 Å². The highest BCUT2D eigenvalue weighted by atomic mass is 16.7. The maximum atomic E-state index is 12.0. The average Bonchev–Trinajstić information content (AvgIpc) is 2.76. The average molecular weight is 404 g/mol.